The van der Waals surface area contributed by atoms with Crippen molar-refractivity contribution < 1.29 is 4.79 Å². The number of pyridine rings is 1. The predicted octanol–water partition coefficient (Wildman–Crippen LogP) is 2.43. The number of aryl methyl sites for hydroxylation is 1. The molecule has 0 saturated carbocycles. The zero-order valence-electron chi connectivity index (χ0n) is 15.5. The molecule has 4 rings (SSSR count). The topological polar surface area (TPSA) is 66.3 Å². The summed E-state index contributed by atoms with van der Waals surface area (Å²) in [6, 6.07) is 3.77. The predicted molar refractivity (Wildman–Crippen MR) is 101 cm³/mol. The number of aromatic nitrogens is 3. The Morgan fingerprint density at radius 3 is 2.85 bits per heavy atom. The SMILES string of the molecule is CN1CCCC2(CCN(C(=O)Nc3cc(-c4cnn(C)c4)ccn3)C2)C1. The summed E-state index contributed by atoms with van der Waals surface area (Å²) in [5, 5.41) is 7.17. The molecule has 2 saturated heterocycles. The lowest BCUT2D eigenvalue weighted by molar-refractivity contribution is 0.117. The van der Waals surface area contributed by atoms with Gasteiger partial charge in [0.2, 0.25) is 0 Å². The monoisotopic (exact) mass is 354 g/mol. The van der Waals surface area contributed by atoms with E-state index in [-0.39, 0.29) is 11.4 Å². The van der Waals surface area contributed by atoms with E-state index < -0.39 is 0 Å². The van der Waals surface area contributed by atoms with Crippen LogP contribution >= 0.6 is 0 Å². The molecule has 2 aromatic heterocycles. The number of likely N-dealkylation sites (tertiary alicyclic amines) is 2. The highest BCUT2D eigenvalue weighted by molar-refractivity contribution is 5.89. The van der Waals surface area contributed by atoms with E-state index in [1.54, 1.807) is 10.9 Å². The average Bonchev–Trinajstić information content (AvgIpc) is 3.22. The van der Waals surface area contributed by atoms with Crippen LogP contribution < -0.4 is 5.32 Å². The normalized spacial score (nSPS) is 23.5. The van der Waals surface area contributed by atoms with Crippen LogP contribution in [-0.4, -0.2) is 63.8 Å². The first-order valence-electron chi connectivity index (χ1n) is 9.23. The molecule has 2 fully saturated rings. The molecule has 1 spiro atoms. The summed E-state index contributed by atoms with van der Waals surface area (Å²) in [5.74, 6) is 0.582. The number of nitrogens with zero attached hydrogens (tertiary/aromatic N) is 5. The zero-order valence-corrected chi connectivity index (χ0v) is 15.5. The Hall–Kier alpha value is -2.41. The van der Waals surface area contributed by atoms with E-state index in [1.165, 1.54) is 19.4 Å². The van der Waals surface area contributed by atoms with E-state index in [1.807, 2.05) is 36.5 Å². The van der Waals surface area contributed by atoms with E-state index in [0.717, 1.165) is 37.2 Å². The molecular weight excluding hydrogens is 328 g/mol. The first kappa shape index (κ1) is 17.0. The number of rotatable bonds is 2. The van der Waals surface area contributed by atoms with Gasteiger partial charge in [0.1, 0.15) is 5.82 Å². The largest absolute Gasteiger partial charge is 0.324 e. The third-order valence-corrected chi connectivity index (χ3v) is 5.61. The van der Waals surface area contributed by atoms with E-state index in [2.05, 4.69) is 27.3 Å². The zero-order chi connectivity index (χ0) is 18.1. The lowest BCUT2D eigenvalue weighted by Gasteiger charge is -2.38. The molecule has 0 aliphatic carbocycles. The van der Waals surface area contributed by atoms with Crippen LogP contribution in [0.3, 0.4) is 0 Å². The molecule has 7 heteroatoms. The maximum atomic E-state index is 12.7. The molecule has 4 heterocycles. The molecule has 0 bridgehead atoms. The fourth-order valence-corrected chi connectivity index (χ4v) is 4.33. The first-order chi connectivity index (χ1) is 12.5. The maximum absolute atomic E-state index is 12.7. The highest BCUT2D eigenvalue weighted by Gasteiger charge is 2.42. The fourth-order valence-electron chi connectivity index (χ4n) is 4.33. The van der Waals surface area contributed by atoms with Gasteiger partial charge in [-0.25, -0.2) is 9.78 Å². The molecule has 0 radical (unpaired) electrons. The van der Waals surface area contributed by atoms with Gasteiger partial charge in [-0.2, -0.15) is 5.10 Å². The van der Waals surface area contributed by atoms with Gasteiger partial charge in [-0.05, 0) is 50.6 Å². The van der Waals surface area contributed by atoms with Gasteiger partial charge in [-0.3, -0.25) is 10.00 Å². The van der Waals surface area contributed by atoms with Crippen molar-refractivity contribution in [1.29, 1.82) is 0 Å². The van der Waals surface area contributed by atoms with Gasteiger partial charge in [0.15, 0.2) is 0 Å². The minimum Gasteiger partial charge on any atom is -0.324 e. The molecule has 1 atom stereocenters. The summed E-state index contributed by atoms with van der Waals surface area (Å²) < 4.78 is 1.76. The van der Waals surface area contributed by atoms with Gasteiger partial charge in [0, 0.05) is 50.1 Å². The highest BCUT2D eigenvalue weighted by atomic mass is 16.2. The molecule has 26 heavy (non-hydrogen) atoms. The second kappa shape index (κ2) is 6.72. The molecule has 0 aromatic carbocycles. The van der Waals surface area contributed by atoms with Gasteiger partial charge in [-0.15, -0.1) is 0 Å². The molecule has 1 unspecified atom stereocenters. The van der Waals surface area contributed by atoms with Gasteiger partial charge >= 0.3 is 6.03 Å². The van der Waals surface area contributed by atoms with Crippen LogP contribution in [0.4, 0.5) is 10.6 Å². The van der Waals surface area contributed by atoms with E-state index in [9.17, 15) is 4.79 Å². The number of carbonyl (C=O) groups is 1. The van der Waals surface area contributed by atoms with Crippen LogP contribution in [0.25, 0.3) is 11.1 Å². The summed E-state index contributed by atoms with van der Waals surface area (Å²) >= 11 is 0. The van der Waals surface area contributed by atoms with Crippen molar-refractivity contribution >= 4 is 11.8 Å². The molecule has 2 aromatic rings. The molecule has 138 valence electrons. The molecular formula is C19H26N6O. The number of urea groups is 1. The Kier molecular flexibility index (Phi) is 4.40. The van der Waals surface area contributed by atoms with Gasteiger partial charge in [-0.1, -0.05) is 0 Å². The van der Waals surface area contributed by atoms with Crippen LogP contribution in [0, 0.1) is 5.41 Å². The maximum Gasteiger partial charge on any atom is 0.323 e. The Morgan fingerprint density at radius 1 is 1.19 bits per heavy atom. The molecule has 2 aliphatic rings. The van der Waals surface area contributed by atoms with Crippen molar-refractivity contribution in [2.45, 2.75) is 19.3 Å². The van der Waals surface area contributed by atoms with Crippen molar-refractivity contribution in [3.8, 4) is 11.1 Å². The summed E-state index contributed by atoms with van der Waals surface area (Å²) in [4.78, 5) is 21.4. The quantitative estimate of drug-likeness (QED) is 0.899. The Labute approximate surface area is 154 Å². The molecule has 1 N–H and O–H groups in total. The number of piperidine rings is 1. The number of anilines is 1. The van der Waals surface area contributed by atoms with Crippen molar-refractivity contribution in [3.05, 3.63) is 30.7 Å². The van der Waals surface area contributed by atoms with Gasteiger partial charge in [0.05, 0.1) is 6.20 Å². The lowest BCUT2D eigenvalue weighted by atomic mass is 9.79. The second-order valence-corrected chi connectivity index (χ2v) is 7.78. The first-order valence-corrected chi connectivity index (χ1v) is 9.23. The van der Waals surface area contributed by atoms with E-state index in [4.69, 9.17) is 0 Å². The molecule has 7 nitrogen and oxygen atoms in total. The van der Waals surface area contributed by atoms with Crippen LogP contribution in [-0.2, 0) is 7.05 Å². The van der Waals surface area contributed by atoms with Crippen LogP contribution in [0.15, 0.2) is 30.7 Å². The van der Waals surface area contributed by atoms with Gasteiger partial charge in [0.25, 0.3) is 0 Å². The Bertz CT molecular complexity index is 803. The summed E-state index contributed by atoms with van der Waals surface area (Å²) in [5.41, 5.74) is 2.28. The smallest absolute Gasteiger partial charge is 0.323 e. The Balaban J connectivity index is 1.42. The number of hydrogen-bond acceptors (Lipinski definition) is 4. The van der Waals surface area contributed by atoms with Crippen molar-refractivity contribution in [2.75, 3.05) is 38.5 Å². The average molecular weight is 354 g/mol. The van der Waals surface area contributed by atoms with E-state index in [0.29, 0.717) is 5.82 Å². The number of hydrogen-bond donors (Lipinski definition) is 1. The minimum absolute atomic E-state index is 0.0501. The number of amides is 2. The van der Waals surface area contributed by atoms with Crippen LogP contribution in [0.1, 0.15) is 19.3 Å². The summed E-state index contributed by atoms with van der Waals surface area (Å²) in [6.45, 7) is 3.91. The van der Waals surface area contributed by atoms with Crippen molar-refractivity contribution in [2.24, 2.45) is 12.5 Å². The Morgan fingerprint density at radius 2 is 2.08 bits per heavy atom. The van der Waals surface area contributed by atoms with E-state index >= 15 is 0 Å². The fraction of sp³-hybridized carbons (Fsp3) is 0.526. The van der Waals surface area contributed by atoms with Gasteiger partial charge < -0.3 is 9.80 Å². The third-order valence-electron chi connectivity index (χ3n) is 5.61. The summed E-state index contributed by atoms with van der Waals surface area (Å²) in [7, 11) is 4.07. The number of carbonyl (C=O) groups excluding carboxylic acids is 1. The van der Waals surface area contributed by atoms with Crippen molar-refractivity contribution in [1.82, 2.24) is 24.6 Å². The minimum atomic E-state index is -0.0501. The van der Waals surface area contributed by atoms with Crippen LogP contribution in [0.2, 0.25) is 0 Å². The summed E-state index contributed by atoms with van der Waals surface area (Å²) in [6.07, 6.45) is 9.01. The molecule has 2 amide bonds. The lowest BCUT2D eigenvalue weighted by Crippen LogP contribution is -2.44. The molecule has 2 aliphatic heterocycles. The second-order valence-electron chi connectivity index (χ2n) is 7.78. The standard InChI is InChI=1S/C19H26N6O/c1-23-8-3-5-19(13-23)6-9-25(14-19)18(26)22-17-10-15(4-7-20-17)16-11-21-24(2)12-16/h4,7,10-12H,3,5-6,8-9,13-14H2,1-2H3,(H,20,22,26). The third kappa shape index (κ3) is 3.44. The highest BCUT2D eigenvalue weighted by Crippen LogP contribution is 2.38. The number of nitrogens with one attached hydrogen (secondary N) is 1. The van der Waals surface area contributed by atoms with Crippen LogP contribution in [0.5, 0.6) is 0 Å². The van der Waals surface area contributed by atoms with Crippen molar-refractivity contribution in [3.63, 3.8) is 0 Å².